The fourth-order valence-corrected chi connectivity index (χ4v) is 3.52. The summed E-state index contributed by atoms with van der Waals surface area (Å²) in [5, 5.41) is 3.61. The fraction of sp³-hybridized carbons (Fsp3) is 0.312. The number of allylic oxidation sites excluding steroid dienone is 2. The maximum Gasteiger partial charge on any atom is 0.200 e. The first kappa shape index (κ1) is 13.5. The molecule has 0 amide bonds. The molecule has 0 saturated carbocycles. The molecule has 1 aliphatic heterocycles. The number of quaternary nitrogens is 1. The van der Waals surface area contributed by atoms with Gasteiger partial charge in [-0.05, 0) is 6.07 Å². The quantitative estimate of drug-likeness (QED) is 0.764. The fourth-order valence-electron chi connectivity index (χ4n) is 2.40. The number of rotatable bonds is 1. The molecular weight excluding hydrogens is 266 g/mol. The minimum atomic E-state index is 0.314. The number of benzene rings is 1. The van der Waals surface area contributed by atoms with Gasteiger partial charge in [0.1, 0.15) is 19.8 Å². The number of nitrogens with zero attached hydrogens (tertiary/aromatic N) is 1. The van der Waals surface area contributed by atoms with E-state index in [2.05, 4.69) is 74.5 Å². The first-order valence-electron chi connectivity index (χ1n) is 6.87. The molecule has 1 aromatic carbocycles. The van der Waals surface area contributed by atoms with Crippen LogP contribution < -0.4 is 10.2 Å². The van der Waals surface area contributed by atoms with Crippen molar-refractivity contribution in [1.29, 1.82) is 0 Å². The van der Waals surface area contributed by atoms with E-state index in [0.717, 1.165) is 0 Å². The Bertz CT molecular complexity index is 637. The zero-order chi connectivity index (χ0) is 14.3. The Labute approximate surface area is 124 Å². The SMILES string of the molecule is C[N+](C)=C1C=CC2Nc3ccc([NH+](C)C)cc3SC2=C1. The van der Waals surface area contributed by atoms with E-state index in [1.54, 1.807) is 0 Å². The Morgan fingerprint density at radius 2 is 2.05 bits per heavy atom. The Balaban J connectivity index is 1.98. The van der Waals surface area contributed by atoms with E-state index in [1.165, 1.54) is 31.8 Å². The number of hydrogen-bond acceptors (Lipinski definition) is 2. The van der Waals surface area contributed by atoms with Crippen LogP contribution in [-0.2, 0) is 0 Å². The highest BCUT2D eigenvalue weighted by molar-refractivity contribution is 8.03. The van der Waals surface area contributed by atoms with Gasteiger partial charge < -0.3 is 10.2 Å². The minimum absolute atomic E-state index is 0.314. The lowest BCUT2D eigenvalue weighted by Crippen LogP contribution is -3.00. The highest BCUT2D eigenvalue weighted by atomic mass is 32.2. The van der Waals surface area contributed by atoms with Crippen molar-refractivity contribution in [3.63, 3.8) is 0 Å². The lowest BCUT2D eigenvalue weighted by atomic mass is 10.1. The number of thioether (sulfide) groups is 1. The van der Waals surface area contributed by atoms with Gasteiger partial charge >= 0.3 is 0 Å². The molecule has 1 unspecified atom stereocenters. The number of hydrogen-bond donors (Lipinski definition) is 2. The summed E-state index contributed by atoms with van der Waals surface area (Å²) in [6.07, 6.45) is 6.71. The molecule has 1 aromatic rings. The number of nitrogens with one attached hydrogen (secondary N) is 2. The second-order valence-electron chi connectivity index (χ2n) is 5.66. The molecule has 1 heterocycles. The first-order chi connectivity index (χ1) is 9.54. The molecule has 0 saturated heterocycles. The van der Waals surface area contributed by atoms with Crippen molar-refractivity contribution >= 4 is 28.8 Å². The van der Waals surface area contributed by atoms with Crippen LogP contribution in [0.3, 0.4) is 0 Å². The molecule has 2 N–H and O–H groups in total. The Morgan fingerprint density at radius 3 is 2.75 bits per heavy atom. The maximum absolute atomic E-state index is 3.61. The molecule has 20 heavy (non-hydrogen) atoms. The number of fused-ring (bicyclic) bond motifs is 2. The molecule has 2 aliphatic rings. The average Bonchev–Trinajstić information content (AvgIpc) is 2.43. The van der Waals surface area contributed by atoms with Crippen LogP contribution in [0.4, 0.5) is 11.4 Å². The lowest BCUT2D eigenvalue weighted by molar-refractivity contribution is -0.786. The van der Waals surface area contributed by atoms with Crippen LogP contribution in [0.2, 0.25) is 0 Å². The summed E-state index contributed by atoms with van der Waals surface area (Å²) in [6.45, 7) is 0. The molecule has 0 bridgehead atoms. The second kappa shape index (κ2) is 5.11. The van der Waals surface area contributed by atoms with Crippen molar-refractivity contribution in [2.75, 3.05) is 33.5 Å². The van der Waals surface area contributed by atoms with E-state index in [1.807, 2.05) is 11.8 Å². The van der Waals surface area contributed by atoms with Crippen LogP contribution in [0, 0.1) is 0 Å². The molecule has 0 radical (unpaired) electrons. The van der Waals surface area contributed by atoms with E-state index in [4.69, 9.17) is 0 Å². The highest BCUT2D eigenvalue weighted by Gasteiger charge is 2.26. The Morgan fingerprint density at radius 1 is 1.25 bits per heavy atom. The lowest BCUT2D eigenvalue weighted by Gasteiger charge is -2.28. The zero-order valence-electron chi connectivity index (χ0n) is 12.4. The van der Waals surface area contributed by atoms with Gasteiger partial charge in [0.2, 0.25) is 0 Å². The third-order valence-electron chi connectivity index (χ3n) is 3.67. The van der Waals surface area contributed by atoms with E-state index < -0.39 is 0 Å². The highest BCUT2D eigenvalue weighted by Crippen LogP contribution is 2.42. The van der Waals surface area contributed by atoms with Gasteiger partial charge in [-0.25, -0.2) is 4.58 Å². The summed E-state index contributed by atoms with van der Waals surface area (Å²) in [5.74, 6) is 0. The van der Waals surface area contributed by atoms with Gasteiger partial charge in [-0.2, -0.15) is 0 Å². The van der Waals surface area contributed by atoms with Crippen LogP contribution in [-0.4, -0.2) is 44.5 Å². The van der Waals surface area contributed by atoms with Crippen molar-refractivity contribution in [1.82, 2.24) is 0 Å². The molecule has 1 atom stereocenters. The predicted molar refractivity (Wildman–Crippen MR) is 86.5 cm³/mol. The Hall–Kier alpha value is -1.52. The topological polar surface area (TPSA) is 19.5 Å². The van der Waals surface area contributed by atoms with Gasteiger partial charge in [-0.3, -0.25) is 0 Å². The molecule has 0 fully saturated rings. The van der Waals surface area contributed by atoms with Crippen molar-refractivity contribution < 1.29 is 9.48 Å². The minimum Gasteiger partial charge on any atom is -0.373 e. The largest absolute Gasteiger partial charge is 0.373 e. The van der Waals surface area contributed by atoms with Crippen LogP contribution in [0.25, 0.3) is 0 Å². The standard InChI is InChI=1S/C16H20N3S/c1-18(2)11-5-7-13-15(9-11)20-16-10-12(19(3)4)6-8-14(16)17-13/h5-10,13,17H,1-4H3/q+1/p+1. The van der Waals surface area contributed by atoms with Gasteiger partial charge in [-0.1, -0.05) is 17.8 Å². The molecule has 3 nitrogen and oxygen atoms in total. The van der Waals surface area contributed by atoms with Gasteiger partial charge in [0.25, 0.3) is 0 Å². The zero-order valence-corrected chi connectivity index (χ0v) is 13.2. The van der Waals surface area contributed by atoms with Crippen molar-refractivity contribution in [3.8, 4) is 0 Å². The van der Waals surface area contributed by atoms with E-state index in [9.17, 15) is 0 Å². The van der Waals surface area contributed by atoms with Gasteiger partial charge in [0, 0.05) is 39.8 Å². The Kier molecular flexibility index (Phi) is 3.44. The van der Waals surface area contributed by atoms with Crippen molar-refractivity contribution in [2.24, 2.45) is 0 Å². The predicted octanol–water partition coefficient (Wildman–Crippen LogP) is 1.52. The van der Waals surface area contributed by atoms with Crippen molar-refractivity contribution in [3.05, 3.63) is 41.3 Å². The third kappa shape index (κ3) is 2.41. The second-order valence-corrected chi connectivity index (χ2v) is 6.78. The normalized spacial score (nSPS) is 20.1. The monoisotopic (exact) mass is 287 g/mol. The van der Waals surface area contributed by atoms with E-state index >= 15 is 0 Å². The molecule has 3 rings (SSSR count). The van der Waals surface area contributed by atoms with Gasteiger partial charge in [-0.15, -0.1) is 0 Å². The van der Waals surface area contributed by atoms with Crippen LogP contribution in [0.1, 0.15) is 0 Å². The summed E-state index contributed by atoms with van der Waals surface area (Å²) in [5.41, 5.74) is 3.81. The molecule has 104 valence electrons. The van der Waals surface area contributed by atoms with Crippen LogP contribution in [0.5, 0.6) is 0 Å². The first-order valence-corrected chi connectivity index (χ1v) is 7.69. The van der Waals surface area contributed by atoms with Gasteiger partial charge in [0.15, 0.2) is 5.71 Å². The summed E-state index contributed by atoms with van der Waals surface area (Å²) in [7, 11) is 8.48. The summed E-state index contributed by atoms with van der Waals surface area (Å²) < 4.78 is 2.15. The van der Waals surface area contributed by atoms with Gasteiger partial charge in [0.05, 0.1) is 20.1 Å². The summed E-state index contributed by atoms with van der Waals surface area (Å²) in [6, 6.07) is 6.99. The number of anilines is 1. The average molecular weight is 287 g/mol. The van der Waals surface area contributed by atoms with Crippen LogP contribution in [0.15, 0.2) is 46.2 Å². The van der Waals surface area contributed by atoms with Crippen molar-refractivity contribution in [2.45, 2.75) is 10.9 Å². The summed E-state index contributed by atoms with van der Waals surface area (Å²) in [4.78, 5) is 4.04. The molecule has 4 heteroatoms. The maximum atomic E-state index is 3.61. The molecular formula is C16H21N3S+2. The van der Waals surface area contributed by atoms with E-state index in [-0.39, 0.29) is 0 Å². The summed E-state index contributed by atoms with van der Waals surface area (Å²) >= 11 is 1.88. The molecule has 0 spiro atoms. The third-order valence-corrected chi connectivity index (χ3v) is 4.84. The molecule has 1 aliphatic carbocycles. The smallest absolute Gasteiger partial charge is 0.200 e. The van der Waals surface area contributed by atoms with Crippen LogP contribution >= 0.6 is 11.8 Å². The molecule has 0 aromatic heterocycles. The van der Waals surface area contributed by atoms with E-state index in [0.29, 0.717) is 6.04 Å².